The third-order valence-corrected chi connectivity index (χ3v) is 7.31. The highest BCUT2D eigenvalue weighted by molar-refractivity contribution is 8.13. The first-order valence-corrected chi connectivity index (χ1v) is 12.3. The molecule has 1 aliphatic heterocycles. The highest BCUT2D eigenvalue weighted by atomic mass is 35.5. The lowest BCUT2D eigenvalue weighted by Gasteiger charge is -2.23. The Morgan fingerprint density at radius 1 is 1.38 bits per heavy atom. The highest BCUT2D eigenvalue weighted by Crippen LogP contribution is 2.48. The Balaban J connectivity index is 1.55. The van der Waals surface area contributed by atoms with Crippen LogP contribution in [-0.2, 0) is 23.1 Å². The molecule has 32 heavy (non-hydrogen) atoms. The van der Waals surface area contributed by atoms with Gasteiger partial charge in [0, 0.05) is 15.7 Å². The molecular weight excluding hydrogens is 504 g/mol. The molecule has 1 unspecified atom stereocenters. The van der Waals surface area contributed by atoms with E-state index in [9.17, 15) is 14.5 Å². The zero-order chi connectivity index (χ0) is 23.7. The second-order valence-corrected chi connectivity index (χ2v) is 11.4. The molecule has 0 saturated carbocycles. The Labute approximate surface area is 199 Å². The zero-order valence-corrected chi connectivity index (χ0v) is 20.7. The summed E-state index contributed by atoms with van der Waals surface area (Å²) < 4.78 is 27.7. The minimum absolute atomic E-state index is 0.00498. The van der Waals surface area contributed by atoms with Crippen molar-refractivity contribution in [2.45, 2.75) is 43.5 Å². The lowest BCUT2D eigenvalue weighted by atomic mass is 10.00. The van der Waals surface area contributed by atoms with Gasteiger partial charge in [-0.1, -0.05) is 55.7 Å². The Morgan fingerprint density at radius 3 is 2.78 bits per heavy atom. The molecule has 3 N–H and O–H groups in total. The topological polar surface area (TPSA) is 152 Å². The number of hydrogen-bond donors (Lipinski definition) is 2. The summed E-state index contributed by atoms with van der Waals surface area (Å²) in [6.07, 6.45) is -0.841. The largest absolute Gasteiger partial charge is 0.697 e. The summed E-state index contributed by atoms with van der Waals surface area (Å²) in [4.78, 5) is 24.0. The summed E-state index contributed by atoms with van der Waals surface area (Å²) in [6.45, 7) is 5.20. The minimum atomic E-state index is -2.51. The molecular formula is C17H23Cl2N5O6PS+. The van der Waals surface area contributed by atoms with Crippen LogP contribution in [0.5, 0.6) is 0 Å². The number of nitrogens with two attached hydrogens (primary N) is 1. The van der Waals surface area contributed by atoms with Gasteiger partial charge in [0.25, 0.3) is 0 Å². The first-order valence-electron chi connectivity index (χ1n) is 9.47. The number of carbonyl (C=O) groups is 1. The molecule has 0 aliphatic carbocycles. The first kappa shape index (κ1) is 25.5. The molecule has 15 heteroatoms. The van der Waals surface area contributed by atoms with Crippen molar-refractivity contribution < 1.29 is 28.3 Å². The summed E-state index contributed by atoms with van der Waals surface area (Å²) in [5.74, 6) is 0.495. The Morgan fingerprint density at radius 2 is 2.09 bits per heavy atom. The third-order valence-electron chi connectivity index (χ3n) is 4.49. The maximum absolute atomic E-state index is 12.0. The van der Waals surface area contributed by atoms with Crippen molar-refractivity contribution >= 4 is 65.3 Å². The van der Waals surface area contributed by atoms with Crippen molar-refractivity contribution in [3.63, 3.8) is 0 Å². The number of aliphatic hydroxyl groups is 1. The number of alkyl halides is 2. The van der Waals surface area contributed by atoms with E-state index >= 15 is 0 Å². The van der Waals surface area contributed by atoms with E-state index in [0.29, 0.717) is 16.9 Å². The van der Waals surface area contributed by atoms with Gasteiger partial charge in [0.2, 0.25) is 0 Å². The van der Waals surface area contributed by atoms with Gasteiger partial charge < -0.3 is 15.6 Å². The number of aliphatic hydroxyl groups excluding tert-OH is 1. The van der Waals surface area contributed by atoms with Crippen molar-refractivity contribution in [1.82, 2.24) is 19.5 Å². The standard InChI is InChI=1S/C17H23Cl2N5O6PS/c1-16(2,3)15(26)32-5-4-28-31(27)29-6-9-11(25)17(18,19)14(30-9)24-8-23-10-12(20)21-7-22-13(10)24/h7-9,11,14,25H,4-6H2,1-3H3,(H2,20,21,22)/q+1/t9-,11-,14-/m1/s1. The quantitative estimate of drug-likeness (QED) is 0.296. The third kappa shape index (κ3) is 5.51. The molecule has 1 saturated heterocycles. The Kier molecular flexibility index (Phi) is 7.99. The zero-order valence-electron chi connectivity index (χ0n) is 17.5. The van der Waals surface area contributed by atoms with E-state index in [1.807, 2.05) is 20.8 Å². The van der Waals surface area contributed by atoms with E-state index in [-0.39, 0.29) is 24.1 Å². The van der Waals surface area contributed by atoms with Crippen molar-refractivity contribution in [3.05, 3.63) is 12.7 Å². The summed E-state index contributed by atoms with van der Waals surface area (Å²) >= 11 is 13.8. The fourth-order valence-corrected chi connectivity index (χ4v) is 4.87. The van der Waals surface area contributed by atoms with E-state index in [4.69, 9.17) is 42.7 Å². The van der Waals surface area contributed by atoms with Gasteiger partial charge in [-0.15, -0.1) is 9.05 Å². The molecule has 3 heterocycles. The number of anilines is 1. The van der Waals surface area contributed by atoms with Crippen LogP contribution in [0.1, 0.15) is 27.0 Å². The van der Waals surface area contributed by atoms with Crippen LogP contribution in [0.4, 0.5) is 5.82 Å². The summed E-state index contributed by atoms with van der Waals surface area (Å²) in [5, 5.41) is 10.5. The second kappa shape index (κ2) is 10.0. The lowest BCUT2D eigenvalue weighted by Crippen LogP contribution is -2.37. The number of aromatic nitrogens is 4. The van der Waals surface area contributed by atoms with Gasteiger partial charge >= 0.3 is 8.25 Å². The average molecular weight is 527 g/mol. The van der Waals surface area contributed by atoms with E-state index in [1.54, 1.807) is 0 Å². The number of fused-ring (bicyclic) bond motifs is 1. The first-order chi connectivity index (χ1) is 14.9. The molecule has 2 aromatic rings. The summed E-state index contributed by atoms with van der Waals surface area (Å²) in [7, 11) is -2.51. The molecule has 11 nitrogen and oxygen atoms in total. The number of carbonyl (C=O) groups excluding carboxylic acids is 1. The van der Waals surface area contributed by atoms with E-state index in [1.165, 1.54) is 17.2 Å². The number of halogens is 2. The van der Waals surface area contributed by atoms with Crippen LogP contribution in [0.15, 0.2) is 12.7 Å². The monoisotopic (exact) mass is 526 g/mol. The van der Waals surface area contributed by atoms with Crippen LogP contribution in [0.2, 0.25) is 0 Å². The smallest absolute Gasteiger partial charge is 0.387 e. The molecule has 3 rings (SSSR count). The van der Waals surface area contributed by atoms with Crippen LogP contribution in [-0.4, -0.2) is 65.2 Å². The Hall–Kier alpha value is -1.11. The number of nitrogen functional groups attached to an aromatic ring is 1. The molecule has 0 radical (unpaired) electrons. The number of thioether (sulfide) groups is 1. The number of rotatable bonds is 8. The second-order valence-electron chi connectivity index (χ2n) is 7.97. The molecule has 1 aliphatic rings. The van der Waals surface area contributed by atoms with Crippen LogP contribution >= 0.6 is 43.2 Å². The Bertz CT molecular complexity index is 1000. The van der Waals surface area contributed by atoms with Gasteiger partial charge in [0.1, 0.15) is 37.3 Å². The van der Waals surface area contributed by atoms with Gasteiger partial charge in [0.15, 0.2) is 27.1 Å². The van der Waals surface area contributed by atoms with Crippen LogP contribution < -0.4 is 5.73 Å². The van der Waals surface area contributed by atoms with Crippen LogP contribution in [0, 0.1) is 5.41 Å². The maximum atomic E-state index is 12.0. The predicted octanol–water partition coefficient (Wildman–Crippen LogP) is 2.84. The van der Waals surface area contributed by atoms with E-state index in [2.05, 4.69) is 15.0 Å². The highest BCUT2D eigenvalue weighted by Gasteiger charge is 2.56. The molecule has 0 bridgehead atoms. The SMILES string of the molecule is CC(C)(C)C(=O)SCCO[P+](=O)OC[C@H]1O[C@@H](n2cnc3c(N)ncnc32)C(Cl)(Cl)[C@@H]1O. The minimum Gasteiger partial charge on any atom is -0.387 e. The van der Waals surface area contributed by atoms with Gasteiger partial charge in [-0.25, -0.2) is 15.0 Å². The van der Waals surface area contributed by atoms with Crippen LogP contribution in [0.3, 0.4) is 0 Å². The van der Waals surface area contributed by atoms with E-state index in [0.717, 1.165) is 11.8 Å². The summed E-state index contributed by atoms with van der Waals surface area (Å²) in [5.41, 5.74) is 5.97. The number of nitrogens with zero attached hydrogens (tertiary/aromatic N) is 4. The molecule has 0 amide bonds. The molecule has 4 atom stereocenters. The van der Waals surface area contributed by atoms with Gasteiger partial charge in [-0.3, -0.25) is 9.36 Å². The summed E-state index contributed by atoms with van der Waals surface area (Å²) in [6, 6.07) is 0. The van der Waals surface area contributed by atoms with E-state index < -0.39 is 36.4 Å². The molecule has 1 fully saturated rings. The number of ether oxygens (including phenoxy) is 1. The van der Waals surface area contributed by atoms with Gasteiger partial charge in [-0.05, 0) is 0 Å². The number of imidazole rings is 1. The predicted molar refractivity (Wildman–Crippen MR) is 121 cm³/mol. The normalized spacial score (nSPS) is 23.6. The maximum Gasteiger partial charge on any atom is 0.697 e. The molecule has 2 aromatic heterocycles. The van der Waals surface area contributed by atoms with Crippen molar-refractivity contribution in [1.29, 1.82) is 0 Å². The van der Waals surface area contributed by atoms with Crippen LogP contribution in [0.25, 0.3) is 11.2 Å². The van der Waals surface area contributed by atoms with Crippen molar-refractivity contribution in [3.8, 4) is 0 Å². The molecule has 176 valence electrons. The van der Waals surface area contributed by atoms with Crippen molar-refractivity contribution in [2.75, 3.05) is 24.7 Å². The number of hydrogen-bond acceptors (Lipinski definition) is 11. The molecule has 0 aromatic carbocycles. The average Bonchev–Trinajstić information content (AvgIpc) is 3.23. The fraction of sp³-hybridized carbons (Fsp3) is 0.647. The van der Waals surface area contributed by atoms with Crippen molar-refractivity contribution in [2.24, 2.45) is 5.41 Å². The molecule has 0 spiro atoms. The fourth-order valence-electron chi connectivity index (χ4n) is 2.78. The lowest BCUT2D eigenvalue weighted by molar-refractivity contribution is -0.117. The van der Waals surface area contributed by atoms with Gasteiger partial charge in [0.05, 0.1) is 6.33 Å². The van der Waals surface area contributed by atoms with Gasteiger partial charge in [-0.2, -0.15) is 0 Å².